The van der Waals surface area contributed by atoms with Crippen molar-refractivity contribution < 1.29 is 4.79 Å². The first-order valence-electron chi connectivity index (χ1n) is 6.09. The molecule has 0 spiro atoms. The zero-order valence-electron chi connectivity index (χ0n) is 10.6. The summed E-state index contributed by atoms with van der Waals surface area (Å²) in [5.41, 5.74) is 1.29. The Morgan fingerprint density at radius 1 is 1.50 bits per heavy atom. The van der Waals surface area contributed by atoms with Gasteiger partial charge in [-0.25, -0.2) is 4.98 Å². The van der Waals surface area contributed by atoms with E-state index in [0.29, 0.717) is 25.2 Å². The Morgan fingerprint density at radius 3 is 3.06 bits per heavy atom. The van der Waals surface area contributed by atoms with Gasteiger partial charge in [0.1, 0.15) is 11.8 Å². The van der Waals surface area contributed by atoms with Gasteiger partial charge in [-0.05, 0) is 12.5 Å². The van der Waals surface area contributed by atoms with Gasteiger partial charge in [0.25, 0.3) is 0 Å². The molecular weight excluding hydrogens is 228 g/mol. The van der Waals surface area contributed by atoms with Gasteiger partial charge in [0.15, 0.2) is 0 Å². The fourth-order valence-electron chi connectivity index (χ4n) is 1.46. The number of amides is 1. The standard InChI is InChI=1S/C13H18N4O/c1-2-6-17-13(18)5-8-15-10-11-4-3-7-16-12(11)9-14/h3-4,7,15H,2,5-6,8,10H2,1H3,(H,17,18). The smallest absolute Gasteiger partial charge is 0.221 e. The molecule has 2 N–H and O–H groups in total. The normalized spacial score (nSPS) is 9.78. The minimum absolute atomic E-state index is 0.0519. The zero-order chi connectivity index (χ0) is 13.2. The Morgan fingerprint density at radius 2 is 2.33 bits per heavy atom. The quantitative estimate of drug-likeness (QED) is 0.702. The average molecular weight is 246 g/mol. The highest BCUT2D eigenvalue weighted by molar-refractivity contribution is 5.75. The molecule has 1 aromatic rings. The minimum Gasteiger partial charge on any atom is -0.356 e. The van der Waals surface area contributed by atoms with E-state index >= 15 is 0 Å². The topological polar surface area (TPSA) is 77.8 Å². The fraction of sp³-hybridized carbons (Fsp3) is 0.462. The molecular formula is C13H18N4O. The molecule has 96 valence electrons. The molecule has 0 aromatic carbocycles. The summed E-state index contributed by atoms with van der Waals surface area (Å²) < 4.78 is 0. The summed E-state index contributed by atoms with van der Waals surface area (Å²) in [6.45, 7) is 3.89. The molecule has 0 atom stereocenters. The van der Waals surface area contributed by atoms with E-state index in [4.69, 9.17) is 5.26 Å². The van der Waals surface area contributed by atoms with Crippen molar-refractivity contribution in [3.8, 4) is 6.07 Å². The number of nitriles is 1. The third kappa shape index (κ3) is 4.93. The van der Waals surface area contributed by atoms with E-state index in [2.05, 4.69) is 15.6 Å². The number of nitrogens with zero attached hydrogens (tertiary/aromatic N) is 2. The second-order valence-electron chi connectivity index (χ2n) is 3.90. The first-order chi connectivity index (χ1) is 8.77. The molecule has 0 radical (unpaired) electrons. The van der Waals surface area contributed by atoms with Gasteiger partial charge in [0.05, 0.1) is 0 Å². The second-order valence-corrected chi connectivity index (χ2v) is 3.90. The van der Waals surface area contributed by atoms with E-state index in [1.54, 1.807) is 12.3 Å². The summed E-state index contributed by atoms with van der Waals surface area (Å²) in [7, 11) is 0. The first-order valence-corrected chi connectivity index (χ1v) is 6.09. The highest BCUT2D eigenvalue weighted by Crippen LogP contribution is 2.02. The van der Waals surface area contributed by atoms with Crippen LogP contribution >= 0.6 is 0 Å². The van der Waals surface area contributed by atoms with Crippen LogP contribution in [0, 0.1) is 11.3 Å². The van der Waals surface area contributed by atoms with E-state index in [-0.39, 0.29) is 5.91 Å². The van der Waals surface area contributed by atoms with Gasteiger partial charge in [0.2, 0.25) is 5.91 Å². The van der Waals surface area contributed by atoms with Crippen LogP contribution in [0.25, 0.3) is 0 Å². The lowest BCUT2D eigenvalue weighted by molar-refractivity contribution is -0.120. The van der Waals surface area contributed by atoms with Crippen LogP contribution in [0.2, 0.25) is 0 Å². The molecule has 0 aliphatic carbocycles. The number of aromatic nitrogens is 1. The lowest BCUT2D eigenvalue weighted by Crippen LogP contribution is -2.28. The predicted molar refractivity (Wildman–Crippen MR) is 68.6 cm³/mol. The van der Waals surface area contributed by atoms with Crippen molar-refractivity contribution >= 4 is 5.91 Å². The summed E-state index contributed by atoms with van der Waals surface area (Å²) in [4.78, 5) is 15.3. The number of hydrogen-bond acceptors (Lipinski definition) is 4. The Bertz CT molecular complexity index is 425. The number of carbonyl (C=O) groups is 1. The molecule has 0 saturated heterocycles. The molecule has 0 bridgehead atoms. The third-order valence-corrected chi connectivity index (χ3v) is 2.41. The first kappa shape index (κ1) is 14.1. The van der Waals surface area contributed by atoms with Gasteiger partial charge >= 0.3 is 0 Å². The predicted octanol–water partition coefficient (Wildman–Crippen LogP) is 0.959. The summed E-state index contributed by atoms with van der Waals surface area (Å²) in [5, 5.41) is 14.8. The van der Waals surface area contributed by atoms with Crippen LogP contribution in [0.15, 0.2) is 18.3 Å². The molecule has 5 heteroatoms. The molecule has 1 aromatic heterocycles. The molecule has 0 aliphatic heterocycles. The number of hydrogen-bond donors (Lipinski definition) is 2. The zero-order valence-corrected chi connectivity index (χ0v) is 10.6. The molecule has 18 heavy (non-hydrogen) atoms. The van der Waals surface area contributed by atoms with Crippen LogP contribution in [0.4, 0.5) is 0 Å². The van der Waals surface area contributed by atoms with Crippen LogP contribution in [0.5, 0.6) is 0 Å². The number of rotatable bonds is 7. The Labute approximate surface area is 107 Å². The monoisotopic (exact) mass is 246 g/mol. The Kier molecular flexibility index (Phi) is 6.44. The molecule has 1 rings (SSSR count). The lowest BCUT2D eigenvalue weighted by Gasteiger charge is -2.06. The van der Waals surface area contributed by atoms with Gasteiger partial charge in [-0.2, -0.15) is 5.26 Å². The van der Waals surface area contributed by atoms with Crippen molar-refractivity contribution in [2.24, 2.45) is 0 Å². The van der Waals surface area contributed by atoms with Crippen molar-refractivity contribution in [1.29, 1.82) is 5.26 Å². The van der Waals surface area contributed by atoms with Crippen LogP contribution in [-0.4, -0.2) is 24.0 Å². The molecule has 0 unspecified atom stereocenters. The van der Waals surface area contributed by atoms with Crippen molar-refractivity contribution in [3.63, 3.8) is 0 Å². The maximum absolute atomic E-state index is 11.3. The highest BCUT2D eigenvalue weighted by Gasteiger charge is 2.02. The molecule has 0 fully saturated rings. The lowest BCUT2D eigenvalue weighted by atomic mass is 10.2. The average Bonchev–Trinajstić information content (AvgIpc) is 2.41. The number of carbonyl (C=O) groups excluding carboxylic acids is 1. The van der Waals surface area contributed by atoms with Crippen molar-refractivity contribution in [3.05, 3.63) is 29.6 Å². The minimum atomic E-state index is 0.0519. The molecule has 5 nitrogen and oxygen atoms in total. The largest absolute Gasteiger partial charge is 0.356 e. The maximum atomic E-state index is 11.3. The van der Waals surface area contributed by atoms with E-state index in [0.717, 1.165) is 18.5 Å². The van der Waals surface area contributed by atoms with Gasteiger partial charge in [-0.15, -0.1) is 0 Å². The van der Waals surface area contributed by atoms with Crippen molar-refractivity contribution in [2.75, 3.05) is 13.1 Å². The maximum Gasteiger partial charge on any atom is 0.221 e. The number of pyridine rings is 1. The van der Waals surface area contributed by atoms with Gasteiger partial charge in [0, 0.05) is 37.8 Å². The molecule has 0 aliphatic rings. The van der Waals surface area contributed by atoms with Gasteiger partial charge in [-0.3, -0.25) is 4.79 Å². The Hall–Kier alpha value is -1.93. The highest BCUT2D eigenvalue weighted by atomic mass is 16.1. The van der Waals surface area contributed by atoms with E-state index < -0.39 is 0 Å². The molecule has 1 amide bonds. The second kappa shape index (κ2) is 8.20. The third-order valence-electron chi connectivity index (χ3n) is 2.41. The van der Waals surface area contributed by atoms with E-state index in [9.17, 15) is 4.79 Å². The summed E-state index contributed by atoms with van der Waals surface area (Å²) in [6, 6.07) is 5.70. The van der Waals surface area contributed by atoms with Gasteiger partial charge in [-0.1, -0.05) is 13.0 Å². The van der Waals surface area contributed by atoms with Crippen molar-refractivity contribution in [1.82, 2.24) is 15.6 Å². The van der Waals surface area contributed by atoms with Crippen LogP contribution in [0.1, 0.15) is 31.0 Å². The van der Waals surface area contributed by atoms with Crippen LogP contribution in [-0.2, 0) is 11.3 Å². The molecule has 0 saturated carbocycles. The Balaban J connectivity index is 2.26. The number of nitrogens with one attached hydrogen (secondary N) is 2. The SMILES string of the molecule is CCCNC(=O)CCNCc1cccnc1C#N. The van der Waals surface area contributed by atoms with Crippen LogP contribution in [0.3, 0.4) is 0 Å². The summed E-state index contributed by atoms with van der Waals surface area (Å²) in [5.74, 6) is 0.0519. The van der Waals surface area contributed by atoms with E-state index in [1.807, 2.05) is 19.1 Å². The fourth-order valence-corrected chi connectivity index (χ4v) is 1.46. The summed E-state index contributed by atoms with van der Waals surface area (Å²) >= 11 is 0. The van der Waals surface area contributed by atoms with E-state index in [1.165, 1.54) is 0 Å². The van der Waals surface area contributed by atoms with Gasteiger partial charge < -0.3 is 10.6 Å². The molecule has 1 heterocycles. The van der Waals surface area contributed by atoms with Crippen molar-refractivity contribution in [2.45, 2.75) is 26.3 Å². The summed E-state index contributed by atoms with van der Waals surface area (Å²) in [6.07, 6.45) is 2.99. The van der Waals surface area contributed by atoms with Crippen LogP contribution < -0.4 is 10.6 Å².